The third-order valence-electron chi connectivity index (χ3n) is 2.67. The number of allylic oxidation sites excluding steroid dienone is 4. The number of rotatable bonds is 1. The summed E-state index contributed by atoms with van der Waals surface area (Å²) in [6.45, 7) is 10.7. The largest absolute Gasteiger partial charge is 0.361 e. The summed E-state index contributed by atoms with van der Waals surface area (Å²) in [4.78, 5) is 3.35. The van der Waals surface area contributed by atoms with E-state index >= 15 is 0 Å². The summed E-state index contributed by atoms with van der Waals surface area (Å²) in [5.41, 5.74) is 4.27. The van der Waals surface area contributed by atoms with Crippen LogP contribution in [0.25, 0.3) is 5.57 Å². The van der Waals surface area contributed by atoms with Gasteiger partial charge in [0.05, 0.1) is 0 Å². The predicted molar refractivity (Wildman–Crippen MR) is 72.6 cm³/mol. The molecule has 0 unspecified atom stereocenters. The zero-order chi connectivity index (χ0) is 12.2. The molecule has 0 saturated carbocycles. The van der Waals surface area contributed by atoms with Crippen LogP contribution in [-0.2, 0) is 5.41 Å². The van der Waals surface area contributed by atoms with Crippen LogP contribution in [0.2, 0.25) is 0 Å². The van der Waals surface area contributed by atoms with Crippen LogP contribution >= 0.6 is 0 Å². The first-order chi connectivity index (χ1) is 7.57. The molecule has 1 heterocycles. The van der Waals surface area contributed by atoms with Crippen molar-refractivity contribution in [3.8, 4) is 0 Å². The molecule has 1 aromatic heterocycles. The summed E-state index contributed by atoms with van der Waals surface area (Å²) >= 11 is 0. The Balaban J connectivity index is 0.000000606. The maximum atomic E-state index is 3.35. The quantitative estimate of drug-likeness (QED) is 0.703. The molecule has 0 fully saturated rings. The standard InChI is InChI=1S/C13H17N.C2H6/c1-13(2,3)11-8-12(14-9-11)10-6-4-5-7-10;1-2/h4-6,8-9,14H,7H2,1-3H3;1-2H3. The van der Waals surface area contributed by atoms with Crippen LogP contribution in [0.1, 0.15) is 52.3 Å². The number of hydrogen-bond donors (Lipinski definition) is 1. The molecule has 16 heavy (non-hydrogen) atoms. The van der Waals surface area contributed by atoms with E-state index in [1.54, 1.807) is 0 Å². The van der Waals surface area contributed by atoms with E-state index in [1.165, 1.54) is 16.8 Å². The van der Waals surface area contributed by atoms with E-state index in [9.17, 15) is 0 Å². The van der Waals surface area contributed by atoms with E-state index in [0.717, 1.165) is 6.42 Å². The monoisotopic (exact) mass is 217 g/mol. The molecule has 0 aromatic carbocycles. The van der Waals surface area contributed by atoms with Crippen LogP contribution in [0.3, 0.4) is 0 Å². The molecule has 0 aliphatic heterocycles. The van der Waals surface area contributed by atoms with Crippen LogP contribution in [-0.4, -0.2) is 4.98 Å². The van der Waals surface area contributed by atoms with Crippen molar-refractivity contribution in [2.75, 3.05) is 0 Å². The number of nitrogens with one attached hydrogen (secondary N) is 1. The van der Waals surface area contributed by atoms with Crippen molar-refractivity contribution in [2.24, 2.45) is 0 Å². The second kappa shape index (κ2) is 5.20. The lowest BCUT2D eigenvalue weighted by atomic mass is 9.89. The van der Waals surface area contributed by atoms with Crippen LogP contribution in [0.4, 0.5) is 0 Å². The Labute approximate surface area is 99.3 Å². The van der Waals surface area contributed by atoms with Crippen molar-refractivity contribution in [3.63, 3.8) is 0 Å². The summed E-state index contributed by atoms with van der Waals surface area (Å²) in [5.74, 6) is 0. The van der Waals surface area contributed by atoms with Gasteiger partial charge in [0, 0.05) is 11.9 Å². The SMILES string of the molecule is CC.CC(C)(C)c1c[nH]c(C2=CC=CC2)c1. The molecule has 1 nitrogen and oxygen atoms in total. The Morgan fingerprint density at radius 2 is 1.88 bits per heavy atom. The van der Waals surface area contributed by atoms with Crippen LogP contribution in [0, 0.1) is 0 Å². The van der Waals surface area contributed by atoms with Gasteiger partial charge in [0.15, 0.2) is 0 Å². The van der Waals surface area contributed by atoms with Gasteiger partial charge in [-0.1, -0.05) is 52.8 Å². The topological polar surface area (TPSA) is 15.8 Å². The summed E-state index contributed by atoms with van der Waals surface area (Å²) in [6, 6.07) is 2.26. The Morgan fingerprint density at radius 3 is 2.31 bits per heavy atom. The molecule has 1 aliphatic carbocycles. The highest BCUT2D eigenvalue weighted by Crippen LogP contribution is 2.28. The minimum atomic E-state index is 0.237. The molecule has 1 N–H and O–H groups in total. The zero-order valence-corrected chi connectivity index (χ0v) is 11.1. The number of aromatic amines is 1. The number of aromatic nitrogens is 1. The third-order valence-corrected chi connectivity index (χ3v) is 2.67. The first kappa shape index (κ1) is 12.8. The molecule has 0 atom stereocenters. The smallest absolute Gasteiger partial charge is 0.0419 e. The van der Waals surface area contributed by atoms with Gasteiger partial charge in [-0.05, 0) is 29.0 Å². The molecule has 1 aliphatic rings. The van der Waals surface area contributed by atoms with E-state index in [2.05, 4.69) is 56.2 Å². The van der Waals surface area contributed by atoms with Gasteiger partial charge in [-0.25, -0.2) is 0 Å². The molecule has 0 radical (unpaired) electrons. The fourth-order valence-electron chi connectivity index (χ4n) is 1.66. The molecule has 0 spiro atoms. The predicted octanol–water partition coefficient (Wildman–Crippen LogP) is 4.68. The van der Waals surface area contributed by atoms with Gasteiger partial charge in [-0.3, -0.25) is 0 Å². The molecule has 0 saturated heterocycles. The van der Waals surface area contributed by atoms with Gasteiger partial charge in [-0.15, -0.1) is 0 Å². The summed E-state index contributed by atoms with van der Waals surface area (Å²) in [7, 11) is 0. The van der Waals surface area contributed by atoms with Gasteiger partial charge < -0.3 is 4.98 Å². The Morgan fingerprint density at radius 1 is 1.19 bits per heavy atom. The first-order valence-electron chi connectivity index (χ1n) is 6.12. The number of H-pyrrole nitrogens is 1. The average Bonchev–Trinajstić information content (AvgIpc) is 2.90. The first-order valence-corrected chi connectivity index (χ1v) is 6.12. The lowest BCUT2D eigenvalue weighted by Gasteiger charge is -2.15. The van der Waals surface area contributed by atoms with Crippen molar-refractivity contribution < 1.29 is 0 Å². The van der Waals surface area contributed by atoms with E-state index in [1.807, 2.05) is 13.8 Å². The minimum Gasteiger partial charge on any atom is -0.361 e. The molecule has 0 amide bonds. The molecular formula is C15H23N. The normalized spacial score (nSPS) is 14.4. The Hall–Kier alpha value is -1.24. The third kappa shape index (κ3) is 2.88. The Bertz CT molecular complexity index is 386. The van der Waals surface area contributed by atoms with Crippen LogP contribution in [0.15, 0.2) is 30.5 Å². The highest BCUT2D eigenvalue weighted by atomic mass is 14.7. The molecule has 88 valence electrons. The summed E-state index contributed by atoms with van der Waals surface area (Å²) in [6.07, 6.45) is 9.66. The molecule has 1 heteroatoms. The van der Waals surface area contributed by atoms with Crippen molar-refractivity contribution in [1.29, 1.82) is 0 Å². The maximum absolute atomic E-state index is 3.35. The van der Waals surface area contributed by atoms with E-state index < -0.39 is 0 Å². The van der Waals surface area contributed by atoms with E-state index in [0.29, 0.717) is 0 Å². The van der Waals surface area contributed by atoms with Gasteiger partial charge in [-0.2, -0.15) is 0 Å². The maximum Gasteiger partial charge on any atom is 0.0419 e. The highest BCUT2D eigenvalue weighted by Gasteiger charge is 2.16. The van der Waals surface area contributed by atoms with Crippen molar-refractivity contribution >= 4 is 5.57 Å². The lowest BCUT2D eigenvalue weighted by molar-refractivity contribution is 0.591. The van der Waals surface area contributed by atoms with Crippen molar-refractivity contribution in [2.45, 2.75) is 46.5 Å². The second-order valence-electron chi connectivity index (χ2n) is 4.88. The molecule has 1 aromatic rings. The fourth-order valence-corrected chi connectivity index (χ4v) is 1.66. The van der Waals surface area contributed by atoms with Crippen LogP contribution in [0.5, 0.6) is 0 Å². The molecule has 2 rings (SSSR count). The summed E-state index contributed by atoms with van der Waals surface area (Å²) < 4.78 is 0. The van der Waals surface area contributed by atoms with Gasteiger partial charge in [0.25, 0.3) is 0 Å². The highest BCUT2D eigenvalue weighted by molar-refractivity contribution is 5.69. The molecular weight excluding hydrogens is 194 g/mol. The van der Waals surface area contributed by atoms with Crippen LogP contribution < -0.4 is 0 Å². The number of hydrogen-bond acceptors (Lipinski definition) is 0. The summed E-state index contributed by atoms with van der Waals surface area (Å²) in [5, 5.41) is 0. The fraction of sp³-hybridized carbons (Fsp3) is 0.467. The second-order valence-corrected chi connectivity index (χ2v) is 4.88. The lowest BCUT2D eigenvalue weighted by Crippen LogP contribution is -2.09. The molecule has 0 bridgehead atoms. The van der Waals surface area contributed by atoms with Gasteiger partial charge in [0.2, 0.25) is 0 Å². The van der Waals surface area contributed by atoms with E-state index in [4.69, 9.17) is 0 Å². The van der Waals surface area contributed by atoms with Gasteiger partial charge >= 0.3 is 0 Å². The van der Waals surface area contributed by atoms with E-state index in [-0.39, 0.29) is 5.41 Å². The minimum absolute atomic E-state index is 0.237. The Kier molecular flexibility index (Phi) is 4.17. The zero-order valence-electron chi connectivity index (χ0n) is 11.1. The van der Waals surface area contributed by atoms with Gasteiger partial charge in [0.1, 0.15) is 0 Å². The van der Waals surface area contributed by atoms with Crippen molar-refractivity contribution in [3.05, 3.63) is 41.7 Å². The average molecular weight is 217 g/mol. The van der Waals surface area contributed by atoms with Crippen molar-refractivity contribution in [1.82, 2.24) is 4.98 Å².